The van der Waals surface area contributed by atoms with Gasteiger partial charge >= 0.3 is 0 Å². The van der Waals surface area contributed by atoms with Crippen LogP contribution in [0.15, 0.2) is 0 Å². The molecule has 1 atom stereocenters. The van der Waals surface area contributed by atoms with Crippen molar-refractivity contribution in [2.75, 3.05) is 26.7 Å². The Bertz CT molecular complexity index is 520. The average Bonchev–Trinajstić information content (AvgIpc) is 3.16. The van der Waals surface area contributed by atoms with E-state index in [9.17, 15) is 4.79 Å². The minimum absolute atomic E-state index is 0.208. The zero-order chi connectivity index (χ0) is 15.5. The first-order valence-electron chi connectivity index (χ1n) is 8.60. The molecule has 1 aromatic rings. The van der Waals surface area contributed by atoms with Gasteiger partial charge in [0.1, 0.15) is 4.88 Å². The Kier molecular flexibility index (Phi) is 5.14. The van der Waals surface area contributed by atoms with Gasteiger partial charge in [0.15, 0.2) is 0 Å². The van der Waals surface area contributed by atoms with Crippen LogP contribution < -0.4 is 5.32 Å². The maximum Gasteiger partial charge on any atom is 0.265 e. The van der Waals surface area contributed by atoms with Crippen molar-refractivity contribution in [3.05, 3.63) is 15.6 Å². The highest BCUT2D eigenvalue weighted by molar-refractivity contribution is 7.13. The summed E-state index contributed by atoms with van der Waals surface area (Å²) in [5.41, 5.74) is 0.938. The molecule has 122 valence electrons. The predicted molar refractivity (Wildman–Crippen MR) is 90.6 cm³/mol. The maximum absolute atomic E-state index is 12.9. The summed E-state index contributed by atoms with van der Waals surface area (Å²) >= 11 is 1.66. The second kappa shape index (κ2) is 7.09. The Morgan fingerprint density at radius 1 is 1.32 bits per heavy atom. The molecule has 0 bridgehead atoms. The third-order valence-electron chi connectivity index (χ3n) is 5.01. The van der Waals surface area contributed by atoms with E-state index in [0.29, 0.717) is 11.8 Å². The minimum Gasteiger partial charge on any atom is -0.338 e. The van der Waals surface area contributed by atoms with Crippen LogP contribution in [0.25, 0.3) is 0 Å². The molecule has 1 aliphatic heterocycles. The number of hydrogen-bond donors (Lipinski definition) is 1. The number of carbonyl (C=O) groups is 1. The van der Waals surface area contributed by atoms with E-state index in [4.69, 9.17) is 4.98 Å². The second-order valence-electron chi connectivity index (χ2n) is 6.77. The standard InChI is InChI=1S/C17H27N3OS/c1-12-15(22-16(19-12)14-7-3-4-8-14)17(21)20-9-5-6-13(11-20)10-18-2/h13-14,18H,3-11H2,1-2H3/t13-/m1/s1. The monoisotopic (exact) mass is 321 g/mol. The predicted octanol–water partition coefficient (Wildman–Crippen LogP) is 3.18. The van der Waals surface area contributed by atoms with Gasteiger partial charge in [-0.3, -0.25) is 4.79 Å². The lowest BCUT2D eigenvalue weighted by Gasteiger charge is -2.32. The molecule has 4 nitrogen and oxygen atoms in total. The van der Waals surface area contributed by atoms with Crippen LogP contribution in [0.2, 0.25) is 0 Å². The number of nitrogens with one attached hydrogen (secondary N) is 1. The lowest BCUT2D eigenvalue weighted by molar-refractivity contribution is 0.0678. The van der Waals surface area contributed by atoms with Gasteiger partial charge in [-0.25, -0.2) is 4.98 Å². The molecule has 22 heavy (non-hydrogen) atoms. The number of likely N-dealkylation sites (tertiary alicyclic amines) is 1. The summed E-state index contributed by atoms with van der Waals surface area (Å²) in [6.45, 7) is 4.78. The molecule has 5 heteroatoms. The lowest BCUT2D eigenvalue weighted by atomic mass is 9.98. The molecule has 2 heterocycles. The van der Waals surface area contributed by atoms with Crippen molar-refractivity contribution in [1.82, 2.24) is 15.2 Å². The van der Waals surface area contributed by atoms with Crippen molar-refractivity contribution in [3.63, 3.8) is 0 Å². The van der Waals surface area contributed by atoms with Crippen LogP contribution in [0, 0.1) is 12.8 Å². The van der Waals surface area contributed by atoms with Crippen LogP contribution in [0.4, 0.5) is 0 Å². The number of thiazole rings is 1. The number of rotatable bonds is 4. The van der Waals surface area contributed by atoms with E-state index in [1.807, 2.05) is 18.9 Å². The first-order chi connectivity index (χ1) is 10.7. The van der Waals surface area contributed by atoms with Crippen LogP contribution in [-0.2, 0) is 0 Å². The van der Waals surface area contributed by atoms with Crippen molar-refractivity contribution in [2.24, 2.45) is 5.92 Å². The van der Waals surface area contributed by atoms with Gasteiger partial charge in [0.2, 0.25) is 0 Å². The van der Waals surface area contributed by atoms with Crippen LogP contribution in [0.1, 0.15) is 64.8 Å². The highest BCUT2D eigenvalue weighted by Crippen LogP contribution is 2.37. The third-order valence-corrected chi connectivity index (χ3v) is 6.32. The topological polar surface area (TPSA) is 45.2 Å². The number of carbonyl (C=O) groups excluding carboxylic acids is 1. The van der Waals surface area contributed by atoms with Crippen LogP contribution in [0.3, 0.4) is 0 Å². The Hall–Kier alpha value is -0.940. The van der Waals surface area contributed by atoms with Crippen molar-refractivity contribution in [1.29, 1.82) is 0 Å². The minimum atomic E-state index is 0.208. The molecule has 0 unspecified atom stereocenters. The normalized spacial score (nSPS) is 23.2. The van der Waals surface area contributed by atoms with Crippen molar-refractivity contribution in [3.8, 4) is 0 Å². The van der Waals surface area contributed by atoms with E-state index < -0.39 is 0 Å². The molecule has 0 aromatic carbocycles. The summed E-state index contributed by atoms with van der Waals surface area (Å²) in [5, 5.41) is 4.44. The van der Waals surface area contributed by atoms with E-state index >= 15 is 0 Å². The largest absolute Gasteiger partial charge is 0.338 e. The van der Waals surface area contributed by atoms with Gasteiger partial charge in [-0.2, -0.15) is 0 Å². The van der Waals surface area contributed by atoms with E-state index in [2.05, 4.69) is 5.32 Å². The van der Waals surface area contributed by atoms with Gasteiger partial charge in [0.05, 0.1) is 10.7 Å². The van der Waals surface area contributed by atoms with Gasteiger partial charge in [0.25, 0.3) is 5.91 Å². The smallest absolute Gasteiger partial charge is 0.265 e. The number of hydrogen-bond acceptors (Lipinski definition) is 4. The van der Waals surface area contributed by atoms with Crippen LogP contribution >= 0.6 is 11.3 Å². The number of piperidine rings is 1. The van der Waals surface area contributed by atoms with Crippen molar-refractivity contribution < 1.29 is 4.79 Å². The number of nitrogens with zero attached hydrogens (tertiary/aromatic N) is 2. The Morgan fingerprint density at radius 2 is 2.09 bits per heavy atom. The van der Waals surface area contributed by atoms with E-state index in [1.54, 1.807) is 11.3 Å². The molecule has 1 aliphatic carbocycles. The molecule has 0 spiro atoms. The van der Waals surface area contributed by atoms with Gasteiger partial charge < -0.3 is 10.2 Å². The Balaban J connectivity index is 1.71. The number of aryl methyl sites for hydroxylation is 1. The van der Waals surface area contributed by atoms with Gasteiger partial charge in [0, 0.05) is 19.0 Å². The molecule has 1 saturated heterocycles. The van der Waals surface area contributed by atoms with Crippen molar-refractivity contribution in [2.45, 2.75) is 51.4 Å². The molecule has 3 rings (SSSR count). The fourth-order valence-corrected chi connectivity index (χ4v) is 5.02. The molecule has 1 saturated carbocycles. The molecule has 1 aromatic heterocycles. The highest BCUT2D eigenvalue weighted by atomic mass is 32.1. The van der Waals surface area contributed by atoms with Gasteiger partial charge in [-0.05, 0) is 52.1 Å². The zero-order valence-corrected chi connectivity index (χ0v) is 14.5. The van der Waals surface area contributed by atoms with Crippen LogP contribution in [-0.4, -0.2) is 42.5 Å². The molecular weight excluding hydrogens is 294 g/mol. The first kappa shape index (κ1) is 15.9. The zero-order valence-electron chi connectivity index (χ0n) is 13.7. The van der Waals surface area contributed by atoms with E-state index in [-0.39, 0.29) is 5.91 Å². The van der Waals surface area contributed by atoms with Crippen molar-refractivity contribution >= 4 is 17.2 Å². The maximum atomic E-state index is 12.9. The molecule has 0 radical (unpaired) electrons. The molecule has 1 amide bonds. The fourth-order valence-electron chi connectivity index (χ4n) is 3.81. The molecule has 2 fully saturated rings. The summed E-state index contributed by atoms with van der Waals surface area (Å²) < 4.78 is 0. The molecule has 1 N–H and O–H groups in total. The first-order valence-corrected chi connectivity index (χ1v) is 9.42. The fraction of sp³-hybridized carbons (Fsp3) is 0.765. The van der Waals surface area contributed by atoms with Crippen LogP contribution in [0.5, 0.6) is 0 Å². The summed E-state index contributed by atoms with van der Waals surface area (Å²) in [4.78, 5) is 20.5. The van der Waals surface area contributed by atoms with E-state index in [1.165, 1.54) is 37.1 Å². The SMILES string of the molecule is CNC[C@H]1CCCN(C(=O)c2sc(C3CCCC3)nc2C)C1. The molecular formula is C17H27N3OS. The summed E-state index contributed by atoms with van der Waals surface area (Å²) in [6, 6.07) is 0. The average molecular weight is 321 g/mol. The number of amides is 1. The van der Waals surface area contributed by atoms with Gasteiger partial charge in [-0.1, -0.05) is 12.8 Å². The van der Waals surface area contributed by atoms with E-state index in [0.717, 1.165) is 36.6 Å². The summed E-state index contributed by atoms with van der Waals surface area (Å²) in [6.07, 6.45) is 7.45. The lowest BCUT2D eigenvalue weighted by Crippen LogP contribution is -2.42. The Morgan fingerprint density at radius 3 is 2.82 bits per heavy atom. The highest BCUT2D eigenvalue weighted by Gasteiger charge is 2.28. The number of aromatic nitrogens is 1. The Labute approximate surface area is 137 Å². The van der Waals surface area contributed by atoms with Gasteiger partial charge in [-0.15, -0.1) is 11.3 Å². The summed E-state index contributed by atoms with van der Waals surface area (Å²) in [7, 11) is 1.99. The third kappa shape index (κ3) is 3.35. The quantitative estimate of drug-likeness (QED) is 0.926. The molecule has 2 aliphatic rings. The second-order valence-corrected chi connectivity index (χ2v) is 7.80. The summed E-state index contributed by atoms with van der Waals surface area (Å²) in [5.74, 6) is 1.40.